The van der Waals surface area contributed by atoms with E-state index in [1.807, 2.05) is 29.6 Å². The number of nitrogens with zero attached hydrogens (tertiary/aromatic N) is 2. The summed E-state index contributed by atoms with van der Waals surface area (Å²) in [5.74, 6) is 0.0847. The minimum atomic E-state index is 0.0847. The number of aromatic nitrogens is 1. The van der Waals surface area contributed by atoms with Crippen molar-refractivity contribution in [2.24, 2.45) is 0 Å². The Balaban J connectivity index is 1.83. The van der Waals surface area contributed by atoms with Gasteiger partial charge in [-0.1, -0.05) is 32.3 Å². The summed E-state index contributed by atoms with van der Waals surface area (Å²) in [5.41, 5.74) is 0.729. The number of carbonyl (C=O) groups excluding carboxylic acids is 1. The Kier molecular flexibility index (Phi) is 8.65. The van der Waals surface area contributed by atoms with Crippen molar-refractivity contribution in [3.05, 3.63) is 46.3 Å². The van der Waals surface area contributed by atoms with Crippen molar-refractivity contribution >= 4 is 28.9 Å². The van der Waals surface area contributed by atoms with Crippen molar-refractivity contribution in [2.75, 3.05) is 20.6 Å². The van der Waals surface area contributed by atoms with Crippen molar-refractivity contribution < 1.29 is 4.79 Å². The topological polar surface area (TPSA) is 33.2 Å². The third-order valence-electron chi connectivity index (χ3n) is 4.04. The van der Waals surface area contributed by atoms with E-state index in [0.29, 0.717) is 5.25 Å². The van der Waals surface area contributed by atoms with E-state index in [4.69, 9.17) is 0 Å². The standard InChI is InChI=1S/C20H28N2OS2/c1-16(10-6-4-5-7-14-22(2)3)25-20-17(11-8-13-21-20)19(23)18-12-9-15-24-18/h8-9,11-13,15-16H,4-7,10,14H2,1-3H3. The SMILES string of the molecule is CC(CCCCCCN(C)C)Sc1ncccc1C(=O)c1cccs1. The third-order valence-corrected chi connectivity index (χ3v) is 6.09. The van der Waals surface area contributed by atoms with Gasteiger partial charge in [0.25, 0.3) is 0 Å². The van der Waals surface area contributed by atoms with Crippen molar-refractivity contribution in [1.29, 1.82) is 0 Å². The number of carbonyl (C=O) groups is 1. The quantitative estimate of drug-likeness (QED) is 0.300. The number of thioether (sulfide) groups is 1. The van der Waals surface area contributed by atoms with Gasteiger partial charge >= 0.3 is 0 Å². The molecule has 1 atom stereocenters. The van der Waals surface area contributed by atoms with E-state index < -0.39 is 0 Å². The number of thiophene rings is 1. The first kappa shape index (κ1) is 20.1. The van der Waals surface area contributed by atoms with Gasteiger partial charge in [-0.3, -0.25) is 4.79 Å². The average molecular weight is 377 g/mol. The molecule has 2 heterocycles. The first-order valence-corrected chi connectivity index (χ1v) is 10.7. The van der Waals surface area contributed by atoms with Gasteiger partial charge in [0.1, 0.15) is 5.03 Å². The van der Waals surface area contributed by atoms with Gasteiger partial charge in [0.15, 0.2) is 0 Å². The Bertz CT molecular complexity index is 641. The highest BCUT2D eigenvalue weighted by Crippen LogP contribution is 2.29. The molecule has 0 fully saturated rings. The van der Waals surface area contributed by atoms with Gasteiger partial charge in [0, 0.05) is 11.4 Å². The Morgan fingerprint density at radius 1 is 1.20 bits per heavy atom. The largest absolute Gasteiger partial charge is 0.309 e. The van der Waals surface area contributed by atoms with E-state index in [-0.39, 0.29) is 5.78 Å². The van der Waals surface area contributed by atoms with Gasteiger partial charge in [-0.25, -0.2) is 4.98 Å². The molecule has 0 saturated carbocycles. The fraction of sp³-hybridized carbons (Fsp3) is 0.500. The smallest absolute Gasteiger partial charge is 0.205 e. The Labute approximate surface area is 159 Å². The highest BCUT2D eigenvalue weighted by atomic mass is 32.2. The van der Waals surface area contributed by atoms with Crippen LogP contribution in [0.4, 0.5) is 0 Å². The van der Waals surface area contributed by atoms with Crippen LogP contribution in [-0.2, 0) is 0 Å². The van der Waals surface area contributed by atoms with Crippen molar-refractivity contribution in [1.82, 2.24) is 9.88 Å². The summed E-state index contributed by atoms with van der Waals surface area (Å²) in [5, 5.41) is 3.27. The number of pyridine rings is 1. The second-order valence-electron chi connectivity index (χ2n) is 6.60. The maximum atomic E-state index is 12.7. The molecule has 0 saturated heterocycles. The van der Waals surface area contributed by atoms with Crippen LogP contribution < -0.4 is 0 Å². The second-order valence-corrected chi connectivity index (χ2v) is 8.97. The monoisotopic (exact) mass is 376 g/mol. The lowest BCUT2D eigenvalue weighted by molar-refractivity contribution is 0.103. The molecule has 2 aromatic rings. The predicted molar refractivity (Wildman–Crippen MR) is 109 cm³/mol. The van der Waals surface area contributed by atoms with Crippen LogP contribution >= 0.6 is 23.1 Å². The van der Waals surface area contributed by atoms with Crippen molar-refractivity contribution in [3.8, 4) is 0 Å². The van der Waals surface area contributed by atoms with Crippen LogP contribution in [0, 0.1) is 0 Å². The second kappa shape index (κ2) is 10.7. The summed E-state index contributed by atoms with van der Waals surface area (Å²) in [6, 6.07) is 7.54. The fourth-order valence-electron chi connectivity index (χ4n) is 2.66. The molecule has 2 rings (SSSR count). The van der Waals surface area contributed by atoms with Gasteiger partial charge in [-0.05, 0) is 57.1 Å². The molecule has 0 aliphatic carbocycles. The first-order chi connectivity index (χ1) is 12.1. The molecule has 0 amide bonds. The number of hydrogen-bond donors (Lipinski definition) is 0. The molecular formula is C20H28N2OS2. The predicted octanol–water partition coefficient (Wildman–Crippen LogP) is 5.37. The summed E-state index contributed by atoms with van der Waals surface area (Å²) in [7, 11) is 4.25. The van der Waals surface area contributed by atoms with Gasteiger partial charge in [-0.15, -0.1) is 23.1 Å². The maximum absolute atomic E-state index is 12.7. The lowest BCUT2D eigenvalue weighted by atomic mass is 10.1. The highest BCUT2D eigenvalue weighted by molar-refractivity contribution is 7.99. The normalized spacial score (nSPS) is 12.5. The number of unbranched alkanes of at least 4 members (excludes halogenated alkanes) is 3. The summed E-state index contributed by atoms with van der Waals surface area (Å²) in [4.78, 5) is 20.1. The molecule has 3 nitrogen and oxygen atoms in total. The molecule has 5 heteroatoms. The fourth-order valence-corrected chi connectivity index (χ4v) is 4.41. The molecule has 0 aliphatic rings. The first-order valence-electron chi connectivity index (χ1n) is 8.92. The van der Waals surface area contributed by atoms with Crippen LogP contribution in [-0.4, -0.2) is 41.6 Å². The van der Waals surface area contributed by atoms with Crippen molar-refractivity contribution in [2.45, 2.75) is 49.3 Å². The molecule has 2 aromatic heterocycles. The molecule has 0 bridgehead atoms. The van der Waals surface area contributed by atoms with Crippen LogP contribution in [0.5, 0.6) is 0 Å². The summed E-state index contributed by atoms with van der Waals surface area (Å²) >= 11 is 3.22. The van der Waals surface area contributed by atoms with Gasteiger partial charge in [-0.2, -0.15) is 0 Å². The number of ketones is 1. The molecule has 0 aromatic carbocycles. The van der Waals surface area contributed by atoms with E-state index in [2.05, 4.69) is 30.9 Å². The Morgan fingerprint density at radius 2 is 2.00 bits per heavy atom. The summed E-state index contributed by atoms with van der Waals surface area (Å²) in [6.45, 7) is 3.41. The van der Waals surface area contributed by atoms with E-state index in [1.165, 1.54) is 43.6 Å². The van der Waals surface area contributed by atoms with Crippen LogP contribution in [0.1, 0.15) is 54.3 Å². The number of hydrogen-bond acceptors (Lipinski definition) is 5. The molecular weight excluding hydrogens is 348 g/mol. The lowest BCUT2D eigenvalue weighted by Crippen LogP contribution is -2.12. The number of rotatable bonds is 11. The zero-order valence-corrected chi connectivity index (χ0v) is 17.0. The van der Waals surface area contributed by atoms with Crippen molar-refractivity contribution in [3.63, 3.8) is 0 Å². The van der Waals surface area contributed by atoms with E-state index in [9.17, 15) is 4.79 Å². The molecule has 0 spiro atoms. The Morgan fingerprint density at radius 3 is 2.72 bits per heavy atom. The third kappa shape index (κ3) is 6.92. The average Bonchev–Trinajstić information content (AvgIpc) is 3.12. The van der Waals surface area contributed by atoms with E-state index >= 15 is 0 Å². The molecule has 0 aliphatic heterocycles. The van der Waals surface area contributed by atoms with Crippen LogP contribution in [0.3, 0.4) is 0 Å². The van der Waals surface area contributed by atoms with Gasteiger partial charge < -0.3 is 4.90 Å². The zero-order chi connectivity index (χ0) is 18.1. The minimum absolute atomic E-state index is 0.0847. The summed E-state index contributed by atoms with van der Waals surface area (Å²) < 4.78 is 0. The lowest BCUT2D eigenvalue weighted by Gasteiger charge is -2.13. The van der Waals surface area contributed by atoms with E-state index in [1.54, 1.807) is 18.0 Å². The molecule has 1 unspecified atom stereocenters. The van der Waals surface area contributed by atoms with Crippen LogP contribution in [0.25, 0.3) is 0 Å². The van der Waals surface area contributed by atoms with E-state index in [0.717, 1.165) is 21.9 Å². The van der Waals surface area contributed by atoms with Crippen LogP contribution in [0.2, 0.25) is 0 Å². The molecule has 0 N–H and O–H groups in total. The molecule has 25 heavy (non-hydrogen) atoms. The van der Waals surface area contributed by atoms with Gasteiger partial charge in [0.2, 0.25) is 5.78 Å². The highest BCUT2D eigenvalue weighted by Gasteiger charge is 2.17. The minimum Gasteiger partial charge on any atom is -0.309 e. The zero-order valence-electron chi connectivity index (χ0n) is 15.4. The molecule has 136 valence electrons. The maximum Gasteiger partial charge on any atom is 0.205 e. The molecule has 0 radical (unpaired) electrons. The van der Waals surface area contributed by atoms with Crippen LogP contribution in [0.15, 0.2) is 40.9 Å². The Hall–Kier alpha value is -1.17. The summed E-state index contributed by atoms with van der Waals surface area (Å²) in [6.07, 6.45) is 8.03. The van der Waals surface area contributed by atoms with Gasteiger partial charge in [0.05, 0.1) is 10.4 Å².